The molecule has 0 aliphatic heterocycles. The number of nitrogens with zero attached hydrogens (tertiary/aromatic N) is 4. The van der Waals surface area contributed by atoms with Gasteiger partial charge < -0.3 is 19.5 Å². The highest BCUT2D eigenvalue weighted by molar-refractivity contribution is 9.10. The van der Waals surface area contributed by atoms with E-state index in [-0.39, 0.29) is 5.91 Å². The van der Waals surface area contributed by atoms with Crippen molar-refractivity contribution in [2.24, 2.45) is 0 Å². The summed E-state index contributed by atoms with van der Waals surface area (Å²) in [6.07, 6.45) is 1.60. The Hall–Kier alpha value is -3.27. The maximum Gasteiger partial charge on any atom is 0.256 e. The molecular weight excluding hydrogens is 534 g/mol. The van der Waals surface area contributed by atoms with Crippen LogP contribution in [0.15, 0.2) is 63.7 Å². The molecule has 180 valence electrons. The highest BCUT2D eigenvalue weighted by atomic mass is 79.9. The molecule has 4 aromatic rings. The number of rotatable bonds is 8. The molecule has 2 aromatic carbocycles. The number of ether oxygens (including phenoxy) is 1. The molecule has 8 nitrogen and oxygen atoms in total. The maximum absolute atomic E-state index is 12.8. The van der Waals surface area contributed by atoms with Crippen LogP contribution in [-0.2, 0) is 0 Å². The van der Waals surface area contributed by atoms with Crippen LogP contribution >= 0.6 is 27.5 Å². The second-order valence-electron chi connectivity index (χ2n) is 8.01. The molecule has 0 bridgehead atoms. The van der Waals surface area contributed by atoms with Gasteiger partial charge in [-0.3, -0.25) is 4.79 Å². The summed E-state index contributed by atoms with van der Waals surface area (Å²) in [5.41, 5.74) is 2.96. The standard InChI is InChI=1S/C25H23BrClN5O3/c1-15-29-24(31-35-15)18-8-9-19(21(27)12-18)16-4-6-17(7-5-16)25(33)30-23-13-22(20(26)14-28-23)34-11-10-32(2)3/h4-9,12-14H,10-11H2,1-3H3,(H,28,30,33). The Kier molecular flexibility index (Phi) is 7.80. The average Bonchev–Trinajstić information content (AvgIpc) is 3.27. The minimum Gasteiger partial charge on any atom is -0.491 e. The van der Waals surface area contributed by atoms with E-state index in [1.54, 1.807) is 37.4 Å². The third-order valence-corrected chi connectivity index (χ3v) is 5.98. The first-order valence-corrected chi connectivity index (χ1v) is 11.9. The lowest BCUT2D eigenvalue weighted by Crippen LogP contribution is -2.19. The number of pyridine rings is 1. The summed E-state index contributed by atoms with van der Waals surface area (Å²) in [6, 6.07) is 14.4. The van der Waals surface area contributed by atoms with Crippen LogP contribution in [0.1, 0.15) is 16.2 Å². The molecule has 0 saturated heterocycles. The first-order chi connectivity index (χ1) is 16.8. The van der Waals surface area contributed by atoms with Crippen molar-refractivity contribution in [2.75, 3.05) is 32.6 Å². The number of nitrogens with one attached hydrogen (secondary N) is 1. The number of hydrogen-bond donors (Lipinski definition) is 1. The lowest BCUT2D eigenvalue weighted by Gasteiger charge is -2.13. The molecular formula is C25H23BrClN5O3. The van der Waals surface area contributed by atoms with E-state index < -0.39 is 0 Å². The highest BCUT2D eigenvalue weighted by Crippen LogP contribution is 2.32. The van der Waals surface area contributed by atoms with Gasteiger partial charge in [-0.15, -0.1) is 0 Å². The van der Waals surface area contributed by atoms with E-state index in [0.29, 0.717) is 40.5 Å². The summed E-state index contributed by atoms with van der Waals surface area (Å²) < 4.78 is 11.5. The van der Waals surface area contributed by atoms with E-state index in [0.717, 1.165) is 27.7 Å². The number of carbonyl (C=O) groups excluding carboxylic acids is 1. The van der Waals surface area contributed by atoms with Crippen molar-refractivity contribution in [2.45, 2.75) is 6.92 Å². The van der Waals surface area contributed by atoms with Crippen LogP contribution < -0.4 is 10.1 Å². The predicted octanol–water partition coefficient (Wildman–Crippen LogP) is 5.72. The summed E-state index contributed by atoms with van der Waals surface area (Å²) in [5.74, 6) is 1.70. The number of likely N-dealkylation sites (N-methyl/N-ethyl adjacent to an activating group) is 1. The van der Waals surface area contributed by atoms with Crippen molar-refractivity contribution < 1.29 is 14.1 Å². The average molecular weight is 557 g/mol. The Morgan fingerprint density at radius 1 is 1.14 bits per heavy atom. The molecule has 0 fully saturated rings. The van der Waals surface area contributed by atoms with E-state index in [1.807, 2.05) is 43.3 Å². The Balaban J connectivity index is 1.45. The number of aryl methyl sites for hydroxylation is 1. The number of aromatic nitrogens is 3. The summed E-state index contributed by atoms with van der Waals surface area (Å²) >= 11 is 9.95. The molecule has 0 radical (unpaired) electrons. The van der Waals surface area contributed by atoms with E-state index in [2.05, 4.69) is 36.4 Å². The zero-order valence-electron chi connectivity index (χ0n) is 19.4. The van der Waals surface area contributed by atoms with E-state index in [9.17, 15) is 4.79 Å². The first-order valence-electron chi connectivity index (χ1n) is 10.8. The lowest BCUT2D eigenvalue weighted by atomic mass is 10.0. The number of hydrogen-bond acceptors (Lipinski definition) is 7. The molecule has 10 heteroatoms. The third kappa shape index (κ3) is 6.25. The molecule has 0 atom stereocenters. The smallest absolute Gasteiger partial charge is 0.256 e. The minimum atomic E-state index is -0.278. The van der Waals surface area contributed by atoms with Crippen molar-refractivity contribution in [1.82, 2.24) is 20.0 Å². The van der Waals surface area contributed by atoms with Crippen molar-refractivity contribution in [3.05, 3.63) is 75.7 Å². The fraction of sp³-hybridized carbons (Fsp3) is 0.200. The Labute approximate surface area is 216 Å². The summed E-state index contributed by atoms with van der Waals surface area (Å²) in [7, 11) is 3.95. The number of anilines is 1. The molecule has 0 spiro atoms. The van der Waals surface area contributed by atoms with E-state index in [1.165, 1.54) is 0 Å². The quantitative estimate of drug-likeness (QED) is 0.297. The second-order valence-corrected chi connectivity index (χ2v) is 9.28. The first kappa shape index (κ1) is 24.8. The van der Waals surface area contributed by atoms with Crippen LogP contribution in [0.5, 0.6) is 5.75 Å². The number of carbonyl (C=O) groups is 1. The van der Waals surface area contributed by atoms with Crippen LogP contribution in [0.4, 0.5) is 5.82 Å². The molecule has 1 amide bonds. The van der Waals surface area contributed by atoms with E-state index in [4.69, 9.17) is 20.9 Å². The Morgan fingerprint density at radius 3 is 2.54 bits per heavy atom. The van der Waals surface area contributed by atoms with Crippen LogP contribution in [0.25, 0.3) is 22.5 Å². The topological polar surface area (TPSA) is 93.4 Å². The molecule has 1 N–H and O–H groups in total. The molecule has 0 unspecified atom stereocenters. The van der Waals surface area contributed by atoms with Gasteiger partial charge in [0.25, 0.3) is 5.91 Å². The maximum atomic E-state index is 12.8. The van der Waals surface area contributed by atoms with Crippen molar-refractivity contribution in [3.8, 4) is 28.3 Å². The van der Waals surface area contributed by atoms with Crippen LogP contribution in [0, 0.1) is 6.92 Å². The van der Waals surface area contributed by atoms with E-state index >= 15 is 0 Å². The van der Waals surface area contributed by atoms with Gasteiger partial charge in [0.2, 0.25) is 11.7 Å². The minimum absolute atomic E-state index is 0.278. The van der Waals surface area contributed by atoms with Crippen LogP contribution in [0.2, 0.25) is 5.02 Å². The SMILES string of the molecule is Cc1nc(-c2ccc(-c3ccc(C(=O)Nc4cc(OCCN(C)C)c(Br)cn4)cc3)c(Cl)c2)no1. The van der Waals surface area contributed by atoms with Gasteiger partial charge in [-0.25, -0.2) is 4.98 Å². The fourth-order valence-electron chi connectivity index (χ4n) is 3.23. The van der Waals surface area contributed by atoms with Gasteiger partial charge >= 0.3 is 0 Å². The van der Waals surface area contributed by atoms with Gasteiger partial charge in [0.05, 0.1) is 4.47 Å². The predicted molar refractivity (Wildman–Crippen MR) is 139 cm³/mol. The van der Waals surface area contributed by atoms with Gasteiger partial charge in [-0.05, 0) is 53.8 Å². The van der Waals surface area contributed by atoms with Crippen molar-refractivity contribution in [3.63, 3.8) is 0 Å². The van der Waals surface area contributed by atoms with Crippen molar-refractivity contribution >= 4 is 39.3 Å². The zero-order chi connectivity index (χ0) is 24.9. The summed E-state index contributed by atoms with van der Waals surface area (Å²) in [6.45, 7) is 3.02. The van der Waals surface area contributed by atoms with Crippen LogP contribution in [0.3, 0.4) is 0 Å². The number of halogens is 2. The second kappa shape index (κ2) is 11.0. The molecule has 0 aliphatic rings. The molecule has 4 rings (SSSR count). The van der Waals surface area contributed by atoms with Gasteiger partial charge in [-0.2, -0.15) is 4.98 Å². The van der Waals surface area contributed by atoms with Gasteiger partial charge in [0, 0.05) is 47.4 Å². The van der Waals surface area contributed by atoms with Gasteiger partial charge in [0.1, 0.15) is 18.2 Å². The lowest BCUT2D eigenvalue weighted by molar-refractivity contribution is 0.102. The van der Waals surface area contributed by atoms with Crippen LogP contribution in [-0.4, -0.2) is 53.2 Å². The molecule has 0 aliphatic carbocycles. The number of benzene rings is 2. The monoisotopic (exact) mass is 555 g/mol. The normalized spacial score (nSPS) is 11.0. The Morgan fingerprint density at radius 2 is 1.89 bits per heavy atom. The summed E-state index contributed by atoms with van der Waals surface area (Å²) in [5, 5.41) is 7.28. The molecule has 2 aromatic heterocycles. The molecule has 35 heavy (non-hydrogen) atoms. The fourth-order valence-corrected chi connectivity index (χ4v) is 3.85. The number of amides is 1. The third-order valence-electron chi connectivity index (χ3n) is 5.07. The van der Waals surface area contributed by atoms with Gasteiger partial charge in [-0.1, -0.05) is 41.0 Å². The molecule has 2 heterocycles. The molecule has 0 saturated carbocycles. The zero-order valence-corrected chi connectivity index (χ0v) is 21.7. The largest absolute Gasteiger partial charge is 0.491 e. The summed E-state index contributed by atoms with van der Waals surface area (Å²) in [4.78, 5) is 23.3. The van der Waals surface area contributed by atoms with Crippen molar-refractivity contribution in [1.29, 1.82) is 0 Å². The highest BCUT2D eigenvalue weighted by Gasteiger charge is 2.13. The van der Waals surface area contributed by atoms with Gasteiger partial charge in [0.15, 0.2) is 0 Å². The Bertz CT molecular complexity index is 1340.